The van der Waals surface area contributed by atoms with E-state index in [0.717, 1.165) is 19.4 Å². The summed E-state index contributed by atoms with van der Waals surface area (Å²) in [5.74, 6) is -0.0187. The van der Waals surface area contributed by atoms with Crippen molar-refractivity contribution in [3.63, 3.8) is 0 Å². The summed E-state index contributed by atoms with van der Waals surface area (Å²) in [6.45, 7) is 5.57. The molecule has 5 nitrogen and oxygen atoms in total. The maximum atomic E-state index is 12.2. The number of aliphatic hydroxyl groups excluding tert-OH is 1. The van der Waals surface area contributed by atoms with Crippen molar-refractivity contribution >= 4 is 5.91 Å². The number of aliphatic hydroxyl groups is 1. The number of nitrogens with one attached hydrogen (secondary N) is 2. The lowest BCUT2D eigenvalue weighted by Gasteiger charge is -2.38. The minimum atomic E-state index is -0.225. The lowest BCUT2D eigenvalue weighted by molar-refractivity contribution is -0.128. The molecule has 0 aromatic heterocycles. The molecule has 0 bridgehead atoms. The minimum absolute atomic E-state index is 0.0187. The number of hydrogen-bond donors (Lipinski definition) is 3. The monoisotopic (exact) mass is 258 g/mol. The van der Waals surface area contributed by atoms with Gasteiger partial charge in [-0.15, -0.1) is 0 Å². The van der Waals surface area contributed by atoms with Gasteiger partial charge in [-0.25, -0.2) is 0 Å². The zero-order valence-corrected chi connectivity index (χ0v) is 11.7. The third-order valence-electron chi connectivity index (χ3n) is 3.63. The smallest absolute Gasteiger partial charge is 0.237 e. The van der Waals surface area contributed by atoms with Gasteiger partial charge in [0.25, 0.3) is 0 Å². The predicted octanol–water partition coefficient (Wildman–Crippen LogP) is 0.278. The highest BCUT2D eigenvalue weighted by Crippen LogP contribution is 2.30. The van der Waals surface area contributed by atoms with Gasteiger partial charge in [0.1, 0.15) is 0 Å². The topological polar surface area (TPSA) is 70.6 Å². The fourth-order valence-electron chi connectivity index (χ4n) is 2.41. The second-order valence-electron chi connectivity index (χ2n) is 5.65. The van der Waals surface area contributed by atoms with Crippen molar-refractivity contribution in [2.45, 2.75) is 45.2 Å². The van der Waals surface area contributed by atoms with Crippen LogP contribution in [0.2, 0.25) is 0 Å². The average molecular weight is 258 g/mol. The molecule has 1 aliphatic heterocycles. The number of rotatable bonds is 6. The predicted molar refractivity (Wildman–Crippen MR) is 70.3 cm³/mol. The molecular formula is C13H26N2O3. The summed E-state index contributed by atoms with van der Waals surface area (Å²) in [4.78, 5) is 12.2. The summed E-state index contributed by atoms with van der Waals surface area (Å²) in [5.41, 5.74) is -0.0381. The summed E-state index contributed by atoms with van der Waals surface area (Å²) < 4.78 is 4.96. The molecule has 0 saturated carbocycles. The van der Waals surface area contributed by atoms with E-state index in [2.05, 4.69) is 24.5 Å². The minimum Gasteiger partial charge on any atom is -0.394 e. The van der Waals surface area contributed by atoms with Gasteiger partial charge >= 0.3 is 0 Å². The van der Waals surface area contributed by atoms with Crippen molar-refractivity contribution in [1.82, 2.24) is 10.6 Å². The highest BCUT2D eigenvalue weighted by Gasteiger charge is 2.37. The van der Waals surface area contributed by atoms with Crippen LogP contribution in [0.4, 0.5) is 0 Å². The third-order valence-corrected chi connectivity index (χ3v) is 3.63. The molecule has 0 aliphatic carbocycles. The molecule has 0 spiro atoms. The molecule has 1 rings (SSSR count). The highest BCUT2D eigenvalue weighted by atomic mass is 16.5. The Labute approximate surface area is 109 Å². The van der Waals surface area contributed by atoms with Gasteiger partial charge in [0, 0.05) is 13.7 Å². The molecule has 1 aliphatic rings. The van der Waals surface area contributed by atoms with Crippen LogP contribution in [0.1, 0.15) is 33.1 Å². The standard InChI is InChI=1S/C13H26N2O3/c1-13(2)6-4-7-14-11(13)12(17)15-10(9-16)5-8-18-3/h10-11,14,16H,4-9H2,1-3H3,(H,15,17). The van der Waals surface area contributed by atoms with Gasteiger partial charge in [0.05, 0.1) is 18.7 Å². The van der Waals surface area contributed by atoms with Crippen LogP contribution in [0.5, 0.6) is 0 Å². The quantitative estimate of drug-likeness (QED) is 0.640. The number of hydrogen-bond acceptors (Lipinski definition) is 4. The van der Waals surface area contributed by atoms with Gasteiger partial charge in [0.15, 0.2) is 0 Å². The second-order valence-corrected chi connectivity index (χ2v) is 5.65. The first-order valence-electron chi connectivity index (χ1n) is 6.65. The molecule has 106 valence electrons. The van der Waals surface area contributed by atoms with Crippen molar-refractivity contribution in [2.24, 2.45) is 5.41 Å². The van der Waals surface area contributed by atoms with E-state index in [0.29, 0.717) is 13.0 Å². The molecular weight excluding hydrogens is 232 g/mol. The zero-order valence-electron chi connectivity index (χ0n) is 11.7. The molecule has 1 heterocycles. The van der Waals surface area contributed by atoms with Gasteiger partial charge < -0.3 is 20.5 Å². The molecule has 0 aromatic carbocycles. The van der Waals surface area contributed by atoms with Crippen LogP contribution < -0.4 is 10.6 Å². The number of amides is 1. The Morgan fingerprint density at radius 2 is 2.33 bits per heavy atom. The summed E-state index contributed by atoms with van der Waals surface area (Å²) in [6, 6.07) is -0.403. The molecule has 18 heavy (non-hydrogen) atoms. The van der Waals surface area contributed by atoms with Crippen LogP contribution in [0, 0.1) is 5.41 Å². The Kier molecular flexibility index (Phi) is 6.05. The van der Waals surface area contributed by atoms with Crippen molar-refractivity contribution in [3.05, 3.63) is 0 Å². The van der Waals surface area contributed by atoms with Crippen molar-refractivity contribution in [3.8, 4) is 0 Å². The number of methoxy groups -OCH3 is 1. The van der Waals surface area contributed by atoms with Crippen LogP contribution in [0.3, 0.4) is 0 Å². The molecule has 5 heteroatoms. The molecule has 1 fully saturated rings. The van der Waals surface area contributed by atoms with Crippen LogP contribution in [-0.4, -0.2) is 50.0 Å². The largest absolute Gasteiger partial charge is 0.394 e. The summed E-state index contributed by atoms with van der Waals surface area (Å²) in [5, 5.41) is 15.4. The summed E-state index contributed by atoms with van der Waals surface area (Å²) in [6.07, 6.45) is 2.77. The van der Waals surface area contributed by atoms with Gasteiger partial charge in [-0.2, -0.15) is 0 Å². The first-order chi connectivity index (χ1) is 8.51. The maximum Gasteiger partial charge on any atom is 0.237 e. The Hall–Kier alpha value is -0.650. The van der Waals surface area contributed by atoms with E-state index in [4.69, 9.17) is 4.74 Å². The van der Waals surface area contributed by atoms with E-state index in [9.17, 15) is 9.90 Å². The van der Waals surface area contributed by atoms with E-state index in [-0.39, 0.29) is 30.0 Å². The number of ether oxygens (including phenoxy) is 1. The lowest BCUT2D eigenvalue weighted by Crippen LogP contribution is -2.57. The van der Waals surface area contributed by atoms with Gasteiger partial charge in [-0.1, -0.05) is 13.8 Å². The highest BCUT2D eigenvalue weighted by molar-refractivity contribution is 5.83. The molecule has 0 radical (unpaired) electrons. The van der Waals surface area contributed by atoms with Gasteiger partial charge in [-0.05, 0) is 31.2 Å². The Morgan fingerprint density at radius 3 is 2.89 bits per heavy atom. The van der Waals surface area contributed by atoms with Crippen LogP contribution in [0.15, 0.2) is 0 Å². The number of carbonyl (C=O) groups excluding carboxylic acids is 1. The van der Waals surface area contributed by atoms with E-state index >= 15 is 0 Å². The van der Waals surface area contributed by atoms with Crippen LogP contribution in [-0.2, 0) is 9.53 Å². The molecule has 0 aromatic rings. The number of piperidine rings is 1. The Balaban J connectivity index is 2.51. The Morgan fingerprint density at radius 1 is 1.61 bits per heavy atom. The molecule has 3 N–H and O–H groups in total. The maximum absolute atomic E-state index is 12.2. The van der Waals surface area contributed by atoms with E-state index in [1.807, 2.05) is 0 Å². The summed E-state index contributed by atoms with van der Waals surface area (Å²) in [7, 11) is 1.61. The first-order valence-corrected chi connectivity index (χ1v) is 6.65. The van der Waals surface area contributed by atoms with Crippen molar-refractivity contribution < 1.29 is 14.6 Å². The van der Waals surface area contributed by atoms with Gasteiger partial charge in [0.2, 0.25) is 5.91 Å². The van der Waals surface area contributed by atoms with E-state index in [1.54, 1.807) is 7.11 Å². The van der Waals surface area contributed by atoms with E-state index in [1.165, 1.54) is 0 Å². The third kappa shape index (κ3) is 4.23. The summed E-state index contributed by atoms with van der Waals surface area (Å²) >= 11 is 0. The van der Waals surface area contributed by atoms with Gasteiger partial charge in [-0.3, -0.25) is 4.79 Å². The average Bonchev–Trinajstić information content (AvgIpc) is 2.33. The fourth-order valence-corrected chi connectivity index (χ4v) is 2.41. The fraction of sp³-hybridized carbons (Fsp3) is 0.923. The second kappa shape index (κ2) is 7.07. The zero-order chi connectivity index (χ0) is 13.6. The van der Waals surface area contributed by atoms with E-state index < -0.39 is 0 Å². The lowest BCUT2D eigenvalue weighted by atomic mass is 9.77. The van der Waals surface area contributed by atoms with Crippen LogP contribution >= 0.6 is 0 Å². The molecule has 2 unspecified atom stereocenters. The van der Waals surface area contributed by atoms with Crippen molar-refractivity contribution in [1.29, 1.82) is 0 Å². The Bertz CT molecular complexity index is 269. The molecule has 1 amide bonds. The molecule has 1 saturated heterocycles. The normalized spacial score (nSPS) is 24.6. The first kappa shape index (κ1) is 15.4. The molecule has 2 atom stereocenters. The van der Waals surface area contributed by atoms with Crippen molar-refractivity contribution in [2.75, 3.05) is 26.9 Å². The number of carbonyl (C=O) groups is 1. The SMILES string of the molecule is COCCC(CO)NC(=O)C1NCCCC1(C)C. The van der Waals surface area contributed by atoms with Crippen LogP contribution in [0.25, 0.3) is 0 Å².